The van der Waals surface area contributed by atoms with Gasteiger partial charge in [0.15, 0.2) is 12.0 Å². The average molecular weight is 250 g/mol. The van der Waals surface area contributed by atoms with Crippen molar-refractivity contribution in [2.45, 2.75) is 0 Å². The van der Waals surface area contributed by atoms with Crippen molar-refractivity contribution >= 4 is 23.3 Å². The SMILES string of the molecule is O=Cc1sccc1Oc1ncccc1[N+](=O)[O-]. The maximum atomic E-state index is 10.7. The Hall–Kier alpha value is -2.28. The average Bonchev–Trinajstić information content (AvgIpc) is 2.77. The Kier molecular flexibility index (Phi) is 3.10. The first-order chi connectivity index (χ1) is 8.22. The molecule has 0 saturated carbocycles. The topological polar surface area (TPSA) is 82.3 Å². The van der Waals surface area contributed by atoms with E-state index >= 15 is 0 Å². The number of nitrogens with zero attached hydrogens (tertiary/aromatic N) is 2. The van der Waals surface area contributed by atoms with Crippen LogP contribution in [0.4, 0.5) is 5.69 Å². The summed E-state index contributed by atoms with van der Waals surface area (Å²) in [6.45, 7) is 0. The summed E-state index contributed by atoms with van der Waals surface area (Å²) in [5, 5.41) is 12.4. The highest BCUT2D eigenvalue weighted by atomic mass is 32.1. The quantitative estimate of drug-likeness (QED) is 0.473. The van der Waals surface area contributed by atoms with Gasteiger partial charge in [-0.1, -0.05) is 0 Å². The Bertz CT molecular complexity index is 567. The second kappa shape index (κ2) is 4.71. The summed E-state index contributed by atoms with van der Waals surface area (Å²) in [7, 11) is 0. The molecule has 0 aliphatic carbocycles. The minimum absolute atomic E-state index is 0.126. The monoisotopic (exact) mass is 250 g/mol. The van der Waals surface area contributed by atoms with E-state index in [0.717, 1.165) is 0 Å². The molecule has 0 atom stereocenters. The number of pyridine rings is 1. The van der Waals surface area contributed by atoms with Crippen molar-refractivity contribution in [2.24, 2.45) is 0 Å². The molecule has 0 bridgehead atoms. The molecule has 0 fully saturated rings. The maximum Gasteiger partial charge on any atom is 0.331 e. The van der Waals surface area contributed by atoms with Crippen LogP contribution in [0.25, 0.3) is 0 Å². The molecule has 6 nitrogen and oxygen atoms in total. The molecule has 0 aliphatic rings. The molecule has 0 spiro atoms. The van der Waals surface area contributed by atoms with E-state index in [2.05, 4.69) is 4.98 Å². The molecule has 0 aliphatic heterocycles. The molecule has 2 aromatic heterocycles. The number of nitro groups is 1. The van der Waals surface area contributed by atoms with Crippen LogP contribution in [0.3, 0.4) is 0 Å². The number of ether oxygens (including phenoxy) is 1. The van der Waals surface area contributed by atoms with Crippen molar-refractivity contribution in [2.75, 3.05) is 0 Å². The fourth-order valence-electron chi connectivity index (χ4n) is 1.18. The van der Waals surface area contributed by atoms with Crippen LogP contribution >= 0.6 is 11.3 Å². The van der Waals surface area contributed by atoms with Crippen molar-refractivity contribution in [1.29, 1.82) is 0 Å². The first kappa shape index (κ1) is 11.2. The fraction of sp³-hybridized carbons (Fsp3) is 0. The van der Waals surface area contributed by atoms with Crippen LogP contribution in [-0.2, 0) is 0 Å². The minimum Gasteiger partial charge on any atom is -0.432 e. The Morgan fingerprint density at radius 3 is 3.00 bits per heavy atom. The first-order valence-electron chi connectivity index (χ1n) is 4.52. The van der Waals surface area contributed by atoms with E-state index in [1.807, 2.05) is 0 Å². The molecule has 86 valence electrons. The van der Waals surface area contributed by atoms with Gasteiger partial charge in [-0.05, 0) is 17.5 Å². The van der Waals surface area contributed by atoms with E-state index in [1.54, 1.807) is 11.4 Å². The van der Waals surface area contributed by atoms with E-state index in [4.69, 9.17) is 4.74 Å². The zero-order valence-corrected chi connectivity index (χ0v) is 9.22. The third-order valence-electron chi connectivity index (χ3n) is 1.92. The lowest BCUT2D eigenvalue weighted by Gasteiger charge is -2.03. The summed E-state index contributed by atoms with van der Waals surface area (Å²) in [4.78, 5) is 24.9. The van der Waals surface area contributed by atoms with Crippen LogP contribution in [0.15, 0.2) is 29.8 Å². The lowest BCUT2D eigenvalue weighted by atomic mass is 10.4. The number of thiophene rings is 1. The zero-order valence-electron chi connectivity index (χ0n) is 8.40. The van der Waals surface area contributed by atoms with Crippen LogP contribution in [0.5, 0.6) is 11.6 Å². The number of rotatable bonds is 4. The number of aldehydes is 1. The molecule has 0 amide bonds. The van der Waals surface area contributed by atoms with Gasteiger partial charge in [0.05, 0.1) is 4.92 Å². The largest absolute Gasteiger partial charge is 0.432 e. The van der Waals surface area contributed by atoms with Crippen LogP contribution in [0.2, 0.25) is 0 Å². The van der Waals surface area contributed by atoms with E-state index in [1.165, 1.54) is 29.7 Å². The Balaban J connectivity index is 2.36. The predicted molar refractivity (Wildman–Crippen MR) is 60.7 cm³/mol. The van der Waals surface area contributed by atoms with Crippen LogP contribution in [0.1, 0.15) is 9.67 Å². The lowest BCUT2D eigenvalue weighted by molar-refractivity contribution is -0.386. The number of hydrogen-bond acceptors (Lipinski definition) is 6. The zero-order chi connectivity index (χ0) is 12.3. The van der Waals surface area contributed by atoms with E-state index < -0.39 is 4.92 Å². The standard InChI is InChI=1S/C10H6N2O4S/c13-6-9-8(3-5-17-9)16-10-7(12(14)15)2-1-4-11-10/h1-6H. The molecule has 17 heavy (non-hydrogen) atoms. The van der Waals surface area contributed by atoms with Crippen molar-refractivity contribution in [1.82, 2.24) is 4.98 Å². The summed E-state index contributed by atoms with van der Waals surface area (Å²) in [5.74, 6) is 0.144. The minimum atomic E-state index is -0.588. The van der Waals surface area contributed by atoms with Gasteiger partial charge in [0.2, 0.25) is 0 Å². The van der Waals surface area contributed by atoms with Crippen molar-refractivity contribution in [3.8, 4) is 11.6 Å². The molecule has 2 rings (SSSR count). The molecule has 2 heterocycles. The molecule has 0 unspecified atom stereocenters. The summed E-state index contributed by atoms with van der Waals surface area (Å²) in [6, 6.07) is 4.29. The summed E-state index contributed by atoms with van der Waals surface area (Å²) in [5.41, 5.74) is -0.240. The number of hydrogen-bond donors (Lipinski definition) is 0. The van der Waals surface area contributed by atoms with Gasteiger partial charge >= 0.3 is 5.69 Å². The normalized spacial score (nSPS) is 9.88. The van der Waals surface area contributed by atoms with Gasteiger partial charge in [0.1, 0.15) is 4.88 Å². The van der Waals surface area contributed by atoms with Gasteiger partial charge in [-0.25, -0.2) is 4.98 Å². The van der Waals surface area contributed by atoms with E-state index in [0.29, 0.717) is 11.2 Å². The predicted octanol–water partition coefficient (Wildman–Crippen LogP) is 2.66. The second-order valence-electron chi connectivity index (χ2n) is 2.95. The van der Waals surface area contributed by atoms with Gasteiger partial charge in [-0.3, -0.25) is 14.9 Å². The Morgan fingerprint density at radius 1 is 1.47 bits per heavy atom. The third-order valence-corrected chi connectivity index (χ3v) is 2.74. The highest BCUT2D eigenvalue weighted by molar-refractivity contribution is 7.12. The molecule has 0 aromatic carbocycles. The van der Waals surface area contributed by atoms with Gasteiger partial charge < -0.3 is 4.74 Å². The number of carbonyl (C=O) groups excluding carboxylic acids is 1. The summed E-state index contributed by atoms with van der Waals surface area (Å²) in [6.07, 6.45) is 2.02. The van der Waals surface area contributed by atoms with Gasteiger partial charge in [0, 0.05) is 12.3 Å². The fourth-order valence-corrected chi connectivity index (χ4v) is 1.80. The molecular formula is C10H6N2O4S. The Labute approximate surface area is 99.6 Å². The van der Waals surface area contributed by atoms with Gasteiger partial charge in [-0.15, -0.1) is 11.3 Å². The maximum absolute atomic E-state index is 10.7. The highest BCUT2D eigenvalue weighted by Gasteiger charge is 2.17. The molecule has 2 aromatic rings. The van der Waals surface area contributed by atoms with Crippen LogP contribution in [-0.4, -0.2) is 16.2 Å². The van der Waals surface area contributed by atoms with Crippen LogP contribution < -0.4 is 4.74 Å². The van der Waals surface area contributed by atoms with Crippen molar-refractivity contribution in [3.05, 3.63) is 44.8 Å². The molecular weight excluding hydrogens is 244 g/mol. The molecule has 0 saturated heterocycles. The highest BCUT2D eigenvalue weighted by Crippen LogP contribution is 2.32. The lowest BCUT2D eigenvalue weighted by Crippen LogP contribution is -1.95. The summed E-state index contributed by atoms with van der Waals surface area (Å²) >= 11 is 1.19. The summed E-state index contributed by atoms with van der Waals surface area (Å²) < 4.78 is 5.26. The van der Waals surface area contributed by atoms with Gasteiger partial charge in [0.25, 0.3) is 5.88 Å². The van der Waals surface area contributed by atoms with E-state index in [-0.39, 0.29) is 17.3 Å². The Morgan fingerprint density at radius 2 is 2.29 bits per heavy atom. The van der Waals surface area contributed by atoms with E-state index in [9.17, 15) is 14.9 Å². The molecule has 0 radical (unpaired) electrons. The van der Waals surface area contributed by atoms with Gasteiger partial charge in [-0.2, -0.15) is 0 Å². The smallest absolute Gasteiger partial charge is 0.331 e. The first-order valence-corrected chi connectivity index (χ1v) is 5.40. The molecule has 7 heteroatoms. The third kappa shape index (κ3) is 2.28. The number of carbonyl (C=O) groups is 1. The van der Waals surface area contributed by atoms with Crippen LogP contribution in [0, 0.1) is 10.1 Å². The molecule has 0 N–H and O–H groups in total. The second-order valence-corrected chi connectivity index (χ2v) is 3.90. The number of aromatic nitrogens is 1. The van der Waals surface area contributed by atoms with Crippen molar-refractivity contribution in [3.63, 3.8) is 0 Å². The van der Waals surface area contributed by atoms with Crippen molar-refractivity contribution < 1.29 is 14.5 Å².